The summed E-state index contributed by atoms with van der Waals surface area (Å²) < 4.78 is 4.60. The predicted octanol–water partition coefficient (Wildman–Crippen LogP) is 1.41. The molecular weight excluding hydrogens is 322 g/mol. The average molecular weight is 342 g/mol. The van der Waals surface area contributed by atoms with Crippen LogP contribution in [0.5, 0.6) is 0 Å². The van der Waals surface area contributed by atoms with Crippen molar-refractivity contribution in [1.82, 2.24) is 10.2 Å². The van der Waals surface area contributed by atoms with Gasteiger partial charge in [0.1, 0.15) is 0 Å². The molecule has 0 atom stereocenters. The highest BCUT2D eigenvalue weighted by atomic mass is 35.5. The second-order valence-corrected chi connectivity index (χ2v) is 5.83. The Balaban J connectivity index is 2.16. The summed E-state index contributed by atoms with van der Waals surface area (Å²) in [5.74, 6) is -0.511. The fraction of sp³-hybridized carbons (Fsp3) is 0.533. The fourth-order valence-electron chi connectivity index (χ4n) is 2.60. The van der Waals surface area contributed by atoms with Gasteiger partial charge in [-0.15, -0.1) is 0 Å². The van der Waals surface area contributed by atoms with E-state index in [1.54, 1.807) is 6.07 Å². The summed E-state index contributed by atoms with van der Waals surface area (Å²) in [5, 5.41) is 14.8. The number of hydrogen-bond acceptors (Lipinski definition) is 6. The van der Waals surface area contributed by atoms with Gasteiger partial charge in [-0.25, -0.2) is 0 Å². The molecule has 23 heavy (non-hydrogen) atoms. The minimum absolute atomic E-state index is 0.134. The monoisotopic (exact) mass is 341 g/mol. The number of ether oxygens (including phenoxy) is 1. The Hall–Kier alpha value is -1.70. The number of hydrogen-bond donors (Lipinski definition) is 1. The van der Waals surface area contributed by atoms with Crippen molar-refractivity contribution in [2.75, 3.05) is 39.8 Å². The minimum Gasteiger partial charge on any atom is -0.469 e. The van der Waals surface area contributed by atoms with Crippen molar-refractivity contribution in [3.05, 3.63) is 38.4 Å². The van der Waals surface area contributed by atoms with Crippen LogP contribution in [0, 0.1) is 10.1 Å². The van der Waals surface area contributed by atoms with Gasteiger partial charge in [0.25, 0.3) is 5.69 Å². The lowest BCUT2D eigenvalue weighted by molar-refractivity contribution is -0.385. The van der Waals surface area contributed by atoms with E-state index in [4.69, 9.17) is 11.6 Å². The molecule has 0 bridgehead atoms. The number of piperazine rings is 1. The highest BCUT2D eigenvalue weighted by Gasteiger charge is 2.20. The molecule has 0 aliphatic carbocycles. The first-order chi connectivity index (χ1) is 11.0. The van der Waals surface area contributed by atoms with Gasteiger partial charge in [0.15, 0.2) is 0 Å². The van der Waals surface area contributed by atoms with Crippen molar-refractivity contribution in [3.8, 4) is 0 Å². The third-order valence-electron chi connectivity index (χ3n) is 3.91. The zero-order chi connectivity index (χ0) is 16.8. The number of rotatable bonds is 6. The Bertz CT molecular complexity index is 588. The number of nitro groups is 1. The third-order valence-corrected chi connectivity index (χ3v) is 4.27. The van der Waals surface area contributed by atoms with E-state index in [1.807, 2.05) is 0 Å². The van der Waals surface area contributed by atoms with E-state index in [9.17, 15) is 14.9 Å². The molecule has 1 fully saturated rings. The fourth-order valence-corrected chi connectivity index (χ4v) is 2.86. The number of halogens is 1. The lowest BCUT2D eigenvalue weighted by Crippen LogP contribution is -2.44. The van der Waals surface area contributed by atoms with Crippen LogP contribution in [0.4, 0.5) is 5.69 Å². The van der Waals surface area contributed by atoms with Gasteiger partial charge >= 0.3 is 5.97 Å². The summed E-state index contributed by atoms with van der Waals surface area (Å²) in [6.45, 7) is 4.69. The van der Waals surface area contributed by atoms with Gasteiger partial charge < -0.3 is 15.0 Å². The average Bonchev–Trinajstić information content (AvgIpc) is 2.55. The highest BCUT2D eigenvalue weighted by Crippen LogP contribution is 2.28. The molecule has 1 aromatic carbocycles. The number of nitrogens with zero attached hydrogens (tertiary/aromatic N) is 2. The first kappa shape index (κ1) is 17.7. The summed E-state index contributed by atoms with van der Waals surface area (Å²) in [5.41, 5.74) is 1.00. The number of benzene rings is 1. The molecule has 8 heteroatoms. The molecule has 1 aliphatic heterocycles. The topological polar surface area (TPSA) is 84.7 Å². The zero-order valence-corrected chi connectivity index (χ0v) is 13.8. The van der Waals surface area contributed by atoms with Crippen LogP contribution in [0.3, 0.4) is 0 Å². The van der Waals surface area contributed by atoms with Gasteiger partial charge in [-0.1, -0.05) is 11.6 Å². The Morgan fingerprint density at radius 1 is 1.39 bits per heavy atom. The van der Waals surface area contributed by atoms with Crippen molar-refractivity contribution in [2.24, 2.45) is 0 Å². The quantitative estimate of drug-likeness (QED) is 0.478. The summed E-state index contributed by atoms with van der Waals surface area (Å²) in [4.78, 5) is 24.4. The molecule has 0 amide bonds. The molecule has 0 aromatic heterocycles. The zero-order valence-electron chi connectivity index (χ0n) is 13.0. The third kappa shape index (κ3) is 4.89. The van der Waals surface area contributed by atoms with Gasteiger partial charge in [0.2, 0.25) is 0 Å². The molecule has 0 radical (unpaired) electrons. The Morgan fingerprint density at radius 2 is 2.09 bits per heavy atom. The molecular formula is C15H20ClN3O4. The molecule has 0 unspecified atom stereocenters. The van der Waals surface area contributed by atoms with Gasteiger partial charge in [0.05, 0.1) is 23.5 Å². The van der Waals surface area contributed by atoms with E-state index in [0.717, 1.165) is 38.3 Å². The van der Waals surface area contributed by atoms with Gasteiger partial charge in [-0.2, -0.15) is 0 Å². The maximum absolute atomic E-state index is 11.5. The second-order valence-electron chi connectivity index (χ2n) is 5.42. The summed E-state index contributed by atoms with van der Waals surface area (Å²) in [6.07, 6.45) is 0.551. The molecule has 1 heterocycles. The number of esters is 1. The Labute approximate surface area is 139 Å². The lowest BCUT2D eigenvalue weighted by atomic mass is 10.0. The number of nitro benzene ring substituents is 1. The van der Waals surface area contributed by atoms with Gasteiger partial charge in [-0.05, 0) is 18.1 Å². The summed E-state index contributed by atoms with van der Waals surface area (Å²) >= 11 is 6.18. The number of nitrogens with one attached hydrogen (secondary N) is 1. The number of carbonyl (C=O) groups excluding carboxylic acids is 1. The normalized spacial score (nSPS) is 15.4. The largest absolute Gasteiger partial charge is 0.469 e. The standard InChI is InChI=1S/C15H20ClN3O4/c1-23-15(20)9-12-8-11(13(16)10-14(12)19(21)22)2-5-18-6-3-17-4-7-18/h8,10,17H,2-7,9H2,1H3. The smallest absolute Gasteiger partial charge is 0.310 e. The van der Waals surface area contributed by atoms with Crippen LogP contribution in [0.25, 0.3) is 0 Å². The molecule has 2 rings (SSSR count). The SMILES string of the molecule is COC(=O)Cc1cc(CCN2CCNCC2)c(Cl)cc1[N+](=O)[O-]. The van der Waals surface area contributed by atoms with Crippen LogP contribution in [0.15, 0.2) is 12.1 Å². The number of methoxy groups -OCH3 is 1. The van der Waals surface area contributed by atoms with E-state index in [2.05, 4.69) is 15.0 Å². The van der Waals surface area contributed by atoms with Crippen molar-refractivity contribution in [1.29, 1.82) is 0 Å². The number of carbonyl (C=O) groups is 1. The van der Waals surface area contributed by atoms with Crippen LogP contribution >= 0.6 is 11.6 Å². The van der Waals surface area contributed by atoms with Crippen molar-refractivity contribution < 1.29 is 14.5 Å². The van der Waals surface area contributed by atoms with E-state index in [1.165, 1.54) is 13.2 Å². The van der Waals surface area contributed by atoms with E-state index < -0.39 is 10.9 Å². The van der Waals surface area contributed by atoms with Crippen LogP contribution in [0.2, 0.25) is 5.02 Å². The lowest BCUT2D eigenvalue weighted by Gasteiger charge is -2.27. The van der Waals surface area contributed by atoms with Gasteiger partial charge in [0, 0.05) is 44.4 Å². The van der Waals surface area contributed by atoms with Crippen LogP contribution in [0.1, 0.15) is 11.1 Å². The van der Waals surface area contributed by atoms with E-state index >= 15 is 0 Å². The molecule has 1 N–H and O–H groups in total. The van der Waals surface area contributed by atoms with Crippen LogP contribution in [-0.2, 0) is 22.4 Å². The summed E-state index contributed by atoms with van der Waals surface area (Å²) in [7, 11) is 1.26. The molecule has 0 saturated carbocycles. The molecule has 7 nitrogen and oxygen atoms in total. The molecule has 1 saturated heterocycles. The molecule has 1 aliphatic rings. The van der Waals surface area contributed by atoms with Crippen LogP contribution in [-0.4, -0.2) is 55.6 Å². The maximum atomic E-state index is 11.5. The molecule has 0 spiro atoms. The van der Waals surface area contributed by atoms with Crippen LogP contribution < -0.4 is 5.32 Å². The molecule has 1 aromatic rings. The minimum atomic E-state index is -0.524. The summed E-state index contributed by atoms with van der Waals surface area (Å²) in [6, 6.07) is 2.98. The predicted molar refractivity (Wildman–Crippen MR) is 86.8 cm³/mol. The van der Waals surface area contributed by atoms with Crippen molar-refractivity contribution >= 4 is 23.3 Å². The highest BCUT2D eigenvalue weighted by molar-refractivity contribution is 6.31. The second kappa shape index (κ2) is 8.24. The Kier molecular flexibility index (Phi) is 6.32. The Morgan fingerprint density at radius 3 is 2.70 bits per heavy atom. The van der Waals surface area contributed by atoms with E-state index in [-0.39, 0.29) is 12.1 Å². The maximum Gasteiger partial charge on any atom is 0.310 e. The van der Waals surface area contributed by atoms with Crippen molar-refractivity contribution in [3.63, 3.8) is 0 Å². The van der Waals surface area contributed by atoms with Crippen molar-refractivity contribution in [2.45, 2.75) is 12.8 Å². The first-order valence-corrected chi connectivity index (χ1v) is 7.84. The molecule has 126 valence electrons. The van der Waals surface area contributed by atoms with E-state index in [0.29, 0.717) is 17.0 Å². The first-order valence-electron chi connectivity index (χ1n) is 7.47. The van der Waals surface area contributed by atoms with Gasteiger partial charge in [-0.3, -0.25) is 14.9 Å².